The molecule has 0 amide bonds. The molecule has 186 valence electrons. The molecular weight excluding hydrogens is 473 g/mol. The fraction of sp³-hybridized carbons (Fsp3) is 0.250. The van der Waals surface area contributed by atoms with Crippen LogP contribution in [0.4, 0.5) is 0 Å². The van der Waals surface area contributed by atoms with Gasteiger partial charge < -0.3 is 8.85 Å². The van der Waals surface area contributed by atoms with Crippen LogP contribution in [0.15, 0.2) is 121 Å². The highest BCUT2D eigenvalue weighted by Gasteiger charge is 2.14. The Morgan fingerprint density at radius 2 is 0.694 bits per heavy atom. The van der Waals surface area contributed by atoms with Gasteiger partial charge in [-0.1, -0.05) is 121 Å². The van der Waals surface area contributed by atoms with E-state index in [0.29, 0.717) is 11.8 Å². The number of rotatable bonds is 15. The molecule has 36 heavy (non-hydrogen) atoms. The van der Waals surface area contributed by atoms with Crippen molar-refractivity contribution >= 4 is 19.5 Å². The maximum atomic E-state index is 6.17. The summed E-state index contributed by atoms with van der Waals surface area (Å²) in [6, 6.07) is 45.7. The van der Waals surface area contributed by atoms with Gasteiger partial charge in [-0.05, 0) is 47.2 Å². The molecule has 4 heteroatoms. The van der Waals surface area contributed by atoms with Crippen molar-refractivity contribution < 1.29 is 8.85 Å². The average Bonchev–Trinajstić information content (AvgIpc) is 2.96. The highest BCUT2D eigenvalue weighted by atomic mass is 28.2. The third-order valence-corrected chi connectivity index (χ3v) is 10.5. The molecule has 4 aromatic carbocycles. The van der Waals surface area contributed by atoms with Crippen LogP contribution in [0.2, 0.25) is 12.1 Å². The van der Waals surface area contributed by atoms with Gasteiger partial charge >= 0.3 is 0 Å². The SMILES string of the molecule is c1ccc(C(CCO[SiH2]CC[SiH2]OCCC(c2ccccc2)c2ccccc2)c2ccccc2)cc1. The average molecular weight is 511 g/mol. The van der Waals surface area contributed by atoms with Crippen molar-refractivity contribution in [1.29, 1.82) is 0 Å². The minimum Gasteiger partial charge on any atom is -0.424 e. The zero-order valence-electron chi connectivity index (χ0n) is 21.2. The first-order valence-corrected chi connectivity index (χ1v) is 16.4. The Balaban J connectivity index is 1.13. The van der Waals surface area contributed by atoms with Gasteiger partial charge in [0.1, 0.15) is 0 Å². The minimum absolute atomic E-state index is 0.404. The van der Waals surface area contributed by atoms with Gasteiger partial charge in [0, 0.05) is 25.0 Å². The van der Waals surface area contributed by atoms with Crippen LogP contribution in [0.25, 0.3) is 0 Å². The topological polar surface area (TPSA) is 18.5 Å². The van der Waals surface area contributed by atoms with Gasteiger partial charge in [0.25, 0.3) is 0 Å². The molecular formula is C32H38O2Si2. The molecule has 0 aliphatic heterocycles. The van der Waals surface area contributed by atoms with Crippen LogP contribution in [0.1, 0.15) is 46.9 Å². The molecule has 0 aliphatic rings. The molecule has 2 nitrogen and oxygen atoms in total. The summed E-state index contributed by atoms with van der Waals surface area (Å²) in [4.78, 5) is 0. The zero-order valence-corrected chi connectivity index (χ0v) is 24.0. The lowest BCUT2D eigenvalue weighted by molar-refractivity contribution is 0.314. The Morgan fingerprint density at radius 3 is 0.972 bits per heavy atom. The molecule has 0 atom stereocenters. The lowest BCUT2D eigenvalue weighted by Gasteiger charge is -2.18. The van der Waals surface area contributed by atoms with Crippen LogP contribution in [0.3, 0.4) is 0 Å². The Labute approximate surface area is 221 Å². The van der Waals surface area contributed by atoms with Gasteiger partial charge in [-0.15, -0.1) is 0 Å². The van der Waals surface area contributed by atoms with Crippen LogP contribution >= 0.6 is 0 Å². The molecule has 0 heterocycles. The maximum Gasteiger partial charge on any atom is 0.161 e. The summed E-state index contributed by atoms with van der Waals surface area (Å²) in [5.41, 5.74) is 5.50. The van der Waals surface area contributed by atoms with Gasteiger partial charge in [0.15, 0.2) is 19.5 Å². The fourth-order valence-corrected chi connectivity index (χ4v) is 7.59. The first-order valence-electron chi connectivity index (χ1n) is 13.3. The van der Waals surface area contributed by atoms with Crippen LogP contribution in [-0.4, -0.2) is 32.7 Å². The number of hydrogen-bond donors (Lipinski definition) is 0. The monoisotopic (exact) mass is 510 g/mol. The van der Waals surface area contributed by atoms with Crippen molar-refractivity contribution in [2.24, 2.45) is 0 Å². The standard InChI is InChI=1S/C32H38O2Si2/c1-5-13-27(14-6-1)31(28-15-7-2-8-16-28)21-23-33-35-25-26-36-34-24-22-32(29-17-9-3-10-18-29)30-19-11-4-12-20-30/h1-20,31-32H,21-26,35-36H2. The van der Waals surface area contributed by atoms with Gasteiger partial charge in [-0.25, -0.2) is 0 Å². The van der Waals surface area contributed by atoms with Crippen molar-refractivity contribution in [3.05, 3.63) is 144 Å². The predicted octanol–water partition coefficient (Wildman–Crippen LogP) is 6.47. The minimum atomic E-state index is -0.470. The number of benzene rings is 4. The maximum absolute atomic E-state index is 6.17. The molecule has 0 radical (unpaired) electrons. The molecule has 0 unspecified atom stereocenters. The van der Waals surface area contributed by atoms with Crippen LogP contribution < -0.4 is 0 Å². The van der Waals surface area contributed by atoms with E-state index in [0.717, 1.165) is 26.1 Å². The van der Waals surface area contributed by atoms with E-state index in [2.05, 4.69) is 121 Å². The van der Waals surface area contributed by atoms with Crippen molar-refractivity contribution in [2.45, 2.75) is 36.8 Å². The second kappa shape index (κ2) is 15.4. The largest absolute Gasteiger partial charge is 0.424 e. The highest BCUT2D eigenvalue weighted by Crippen LogP contribution is 2.28. The Hall–Kier alpha value is -2.77. The Bertz CT molecular complexity index is 922. The van der Waals surface area contributed by atoms with E-state index in [1.807, 2.05) is 0 Å². The third-order valence-electron chi connectivity index (χ3n) is 6.74. The molecule has 0 aromatic heterocycles. The molecule has 4 aromatic rings. The van der Waals surface area contributed by atoms with Crippen molar-refractivity contribution in [3.63, 3.8) is 0 Å². The smallest absolute Gasteiger partial charge is 0.161 e. The second-order valence-corrected chi connectivity index (χ2v) is 12.3. The van der Waals surface area contributed by atoms with E-state index in [1.54, 1.807) is 0 Å². The molecule has 0 bridgehead atoms. The molecule has 0 fully saturated rings. The second-order valence-electron chi connectivity index (χ2n) is 9.26. The fourth-order valence-electron chi connectivity index (χ4n) is 4.81. The van der Waals surface area contributed by atoms with Gasteiger partial charge in [0.2, 0.25) is 0 Å². The van der Waals surface area contributed by atoms with Crippen molar-refractivity contribution in [1.82, 2.24) is 0 Å². The quantitative estimate of drug-likeness (QED) is 0.135. The van der Waals surface area contributed by atoms with Crippen LogP contribution in [0.5, 0.6) is 0 Å². The highest BCUT2D eigenvalue weighted by molar-refractivity contribution is 6.34. The first-order chi connectivity index (χ1) is 17.9. The lowest BCUT2D eigenvalue weighted by Crippen LogP contribution is -2.10. The third kappa shape index (κ3) is 8.42. The molecule has 0 saturated heterocycles. The summed E-state index contributed by atoms with van der Waals surface area (Å²) in [5, 5.41) is 0. The molecule has 0 aliphatic carbocycles. The van der Waals surface area contributed by atoms with Crippen molar-refractivity contribution in [3.8, 4) is 0 Å². The summed E-state index contributed by atoms with van der Waals surface area (Å²) < 4.78 is 12.3. The van der Waals surface area contributed by atoms with Crippen LogP contribution in [-0.2, 0) is 8.85 Å². The molecule has 4 rings (SSSR count). The molecule has 0 N–H and O–H groups in total. The zero-order chi connectivity index (χ0) is 24.7. The number of hydrogen-bond acceptors (Lipinski definition) is 2. The lowest BCUT2D eigenvalue weighted by atomic mass is 9.89. The summed E-state index contributed by atoms with van der Waals surface area (Å²) in [5.74, 6) is 0.808. The summed E-state index contributed by atoms with van der Waals surface area (Å²) >= 11 is 0. The van der Waals surface area contributed by atoms with Crippen LogP contribution in [0, 0.1) is 0 Å². The van der Waals surface area contributed by atoms with Gasteiger partial charge in [-0.2, -0.15) is 0 Å². The van der Waals surface area contributed by atoms with E-state index >= 15 is 0 Å². The van der Waals surface area contributed by atoms with E-state index in [4.69, 9.17) is 8.85 Å². The van der Waals surface area contributed by atoms with E-state index < -0.39 is 19.5 Å². The van der Waals surface area contributed by atoms with E-state index in [1.165, 1.54) is 34.3 Å². The summed E-state index contributed by atoms with van der Waals surface area (Å²) in [7, 11) is -0.940. The van der Waals surface area contributed by atoms with E-state index in [9.17, 15) is 0 Å². The van der Waals surface area contributed by atoms with Gasteiger partial charge in [0.05, 0.1) is 0 Å². The molecule has 0 saturated carbocycles. The molecule has 0 spiro atoms. The van der Waals surface area contributed by atoms with E-state index in [-0.39, 0.29) is 0 Å². The van der Waals surface area contributed by atoms with Crippen molar-refractivity contribution in [2.75, 3.05) is 13.2 Å². The van der Waals surface area contributed by atoms with Gasteiger partial charge in [-0.3, -0.25) is 0 Å². The first kappa shape index (κ1) is 26.3. The normalized spacial score (nSPS) is 11.9. The predicted molar refractivity (Wildman–Crippen MR) is 157 cm³/mol. The summed E-state index contributed by atoms with van der Waals surface area (Å²) in [6.07, 6.45) is 2.07. The Morgan fingerprint density at radius 1 is 0.417 bits per heavy atom. The Kier molecular flexibility index (Phi) is 11.2. The summed E-state index contributed by atoms with van der Waals surface area (Å²) in [6.45, 7) is 1.69.